The van der Waals surface area contributed by atoms with Crippen molar-refractivity contribution in [1.82, 2.24) is 20.4 Å². The van der Waals surface area contributed by atoms with E-state index in [2.05, 4.69) is 20.4 Å². The van der Waals surface area contributed by atoms with E-state index in [4.69, 9.17) is 4.52 Å². The van der Waals surface area contributed by atoms with Crippen molar-refractivity contribution >= 4 is 5.91 Å². The molecule has 140 valence electrons. The van der Waals surface area contributed by atoms with Crippen LogP contribution in [0.4, 0.5) is 8.78 Å². The molecule has 0 saturated carbocycles. The average molecular weight is 364 g/mol. The number of nitrogens with zero attached hydrogens (tertiary/aromatic N) is 3. The summed E-state index contributed by atoms with van der Waals surface area (Å²) in [6, 6.07) is 3.75. The molecule has 1 aliphatic heterocycles. The van der Waals surface area contributed by atoms with Gasteiger partial charge in [0.25, 0.3) is 0 Å². The fourth-order valence-electron chi connectivity index (χ4n) is 3.33. The van der Waals surface area contributed by atoms with E-state index in [0.29, 0.717) is 30.3 Å². The van der Waals surface area contributed by atoms with Crippen molar-refractivity contribution in [2.75, 3.05) is 20.1 Å². The minimum atomic E-state index is -0.550. The predicted octanol–water partition coefficient (Wildman–Crippen LogP) is 2.55. The Morgan fingerprint density at radius 2 is 2.27 bits per heavy atom. The van der Waals surface area contributed by atoms with Crippen LogP contribution in [0, 0.1) is 17.6 Å². The van der Waals surface area contributed by atoms with Gasteiger partial charge < -0.3 is 9.84 Å². The van der Waals surface area contributed by atoms with Crippen molar-refractivity contribution in [3.05, 3.63) is 47.1 Å². The van der Waals surface area contributed by atoms with Crippen LogP contribution in [0.1, 0.15) is 41.3 Å². The lowest BCUT2D eigenvalue weighted by Gasteiger charge is -2.31. The quantitative estimate of drug-likeness (QED) is 0.853. The van der Waals surface area contributed by atoms with Crippen LogP contribution < -0.4 is 5.32 Å². The maximum Gasteiger partial charge on any atom is 0.315 e. The smallest absolute Gasteiger partial charge is 0.315 e. The Labute approximate surface area is 150 Å². The summed E-state index contributed by atoms with van der Waals surface area (Å²) in [4.78, 5) is 17.8. The summed E-state index contributed by atoms with van der Waals surface area (Å²) in [5.74, 6) is -0.561. The second-order valence-corrected chi connectivity index (χ2v) is 6.61. The molecular formula is C18H22F2N4O2. The molecule has 0 aliphatic carbocycles. The van der Waals surface area contributed by atoms with Crippen LogP contribution in [-0.2, 0) is 13.0 Å². The Hall–Kier alpha value is -2.35. The van der Waals surface area contributed by atoms with Gasteiger partial charge in [0.2, 0.25) is 0 Å². The largest absolute Gasteiger partial charge is 0.351 e. The number of nitrogens with one attached hydrogen (secondary N) is 1. The van der Waals surface area contributed by atoms with Crippen LogP contribution in [0.5, 0.6) is 0 Å². The minimum absolute atomic E-state index is 0.0390. The third kappa shape index (κ3) is 4.63. The Kier molecular flexibility index (Phi) is 5.92. The number of amides is 1. The Morgan fingerprint density at radius 3 is 3.04 bits per heavy atom. The first-order valence-corrected chi connectivity index (χ1v) is 8.76. The molecule has 26 heavy (non-hydrogen) atoms. The van der Waals surface area contributed by atoms with Gasteiger partial charge >= 0.3 is 11.8 Å². The van der Waals surface area contributed by atoms with Gasteiger partial charge in [-0.2, -0.15) is 4.98 Å². The van der Waals surface area contributed by atoms with Gasteiger partial charge in [-0.1, -0.05) is 11.2 Å². The second kappa shape index (κ2) is 8.35. The number of halogens is 2. The number of carbonyl (C=O) groups excluding carboxylic acids is 1. The van der Waals surface area contributed by atoms with Gasteiger partial charge in [-0.25, -0.2) is 8.78 Å². The van der Waals surface area contributed by atoms with Gasteiger partial charge in [0, 0.05) is 19.7 Å². The maximum atomic E-state index is 13.8. The van der Waals surface area contributed by atoms with Gasteiger partial charge in [0.05, 0.1) is 6.54 Å². The van der Waals surface area contributed by atoms with E-state index < -0.39 is 17.5 Å². The van der Waals surface area contributed by atoms with Gasteiger partial charge in [-0.3, -0.25) is 9.69 Å². The normalized spacial score (nSPS) is 18.0. The molecule has 1 aliphatic rings. The predicted molar refractivity (Wildman–Crippen MR) is 90.4 cm³/mol. The minimum Gasteiger partial charge on any atom is -0.351 e. The molecule has 1 saturated heterocycles. The number of aryl methyl sites for hydroxylation is 1. The summed E-state index contributed by atoms with van der Waals surface area (Å²) < 4.78 is 31.7. The number of rotatable bonds is 6. The van der Waals surface area contributed by atoms with Crippen molar-refractivity contribution in [2.45, 2.75) is 32.2 Å². The number of benzene rings is 1. The SMILES string of the molecule is CNC(=O)c1nc(CN2CCC[C@@H](CCc3ccc(F)cc3F)C2)no1. The number of piperidine rings is 1. The molecule has 0 bridgehead atoms. The summed E-state index contributed by atoms with van der Waals surface area (Å²) in [5, 5.41) is 6.29. The third-order valence-electron chi connectivity index (χ3n) is 4.69. The van der Waals surface area contributed by atoms with Crippen molar-refractivity contribution in [1.29, 1.82) is 0 Å². The molecule has 3 rings (SSSR count). The lowest BCUT2D eigenvalue weighted by atomic mass is 9.91. The van der Waals surface area contributed by atoms with Crippen LogP contribution in [0.3, 0.4) is 0 Å². The average Bonchev–Trinajstić information content (AvgIpc) is 3.09. The molecule has 0 radical (unpaired) electrons. The van der Waals surface area contributed by atoms with Crippen LogP contribution in [-0.4, -0.2) is 41.1 Å². The fourth-order valence-corrected chi connectivity index (χ4v) is 3.33. The van der Waals surface area contributed by atoms with E-state index in [0.717, 1.165) is 38.4 Å². The highest BCUT2D eigenvalue weighted by atomic mass is 19.1. The van der Waals surface area contributed by atoms with Crippen LogP contribution >= 0.6 is 0 Å². The summed E-state index contributed by atoms with van der Waals surface area (Å²) in [6.45, 7) is 2.29. The molecular weight excluding hydrogens is 342 g/mol. The Morgan fingerprint density at radius 1 is 1.42 bits per heavy atom. The molecule has 1 N–H and O–H groups in total. The van der Waals surface area contributed by atoms with Crippen molar-refractivity contribution in [2.24, 2.45) is 5.92 Å². The first kappa shape index (κ1) is 18.4. The first-order chi connectivity index (χ1) is 12.5. The zero-order chi connectivity index (χ0) is 18.5. The second-order valence-electron chi connectivity index (χ2n) is 6.61. The molecule has 1 aromatic heterocycles. The van der Waals surface area contributed by atoms with Crippen LogP contribution in [0.25, 0.3) is 0 Å². The van der Waals surface area contributed by atoms with E-state index in [-0.39, 0.29) is 5.89 Å². The fraction of sp³-hybridized carbons (Fsp3) is 0.500. The molecule has 8 heteroatoms. The number of carbonyl (C=O) groups is 1. The van der Waals surface area contributed by atoms with E-state index in [1.54, 1.807) is 0 Å². The van der Waals surface area contributed by atoms with Crippen LogP contribution in [0.2, 0.25) is 0 Å². The highest BCUT2D eigenvalue weighted by Gasteiger charge is 2.22. The van der Waals surface area contributed by atoms with Crippen molar-refractivity contribution in [3.8, 4) is 0 Å². The number of hydrogen-bond donors (Lipinski definition) is 1. The summed E-state index contributed by atoms with van der Waals surface area (Å²) in [5.41, 5.74) is 0.553. The highest BCUT2D eigenvalue weighted by Crippen LogP contribution is 2.23. The van der Waals surface area contributed by atoms with E-state index in [1.807, 2.05) is 0 Å². The lowest BCUT2D eigenvalue weighted by Crippen LogP contribution is -2.35. The molecule has 1 atom stereocenters. The Bertz CT molecular complexity index is 765. The first-order valence-electron chi connectivity index (χ1n) is 8.76. The van der Waals surface area contributed by atoms with Crippen molar-refractivity contribution < 1.29 is 18.1 Å². The summed E-state index contributed by atoms with van der Waals surface area (Å²) in [6.07, 6.45) is 3.55. The Balaban J connectivity index is 1.52. The zero-order valence-corrected chi connectivity index (χ0v) is 14.7. The number of aromatic nitrogens is 2. The molecule has 0 spiro atoms. The maximum absolute atomic E-state index is 13.8. The van der Waals surface area contributed by atoms with Gasteiger partial charge in [0.15, 0.2) is 5.82 Å². The van der Waals surface area contributed by atoms with E-state index >= 15 is 0 Å². The van der Waals surface area contributed by atoms with Crippen LogP contribution in [0.15, 0.2) is 22.7 Å². The lowest BCUT2D eigenvalue weighted by molar-refractivity contribution is 0.0919. The molecule has 1 aromatic carbocycles. The highest BCUT2D eigenvalue weighted by molar-refractivity contribution is 5.89. The van der Waals surface area contributed by atoms with Gasteiger partial charge in [0.1, 0.15) is 11.6 Å². The number of hydrogen-bond acceptors (Lipinski definition) is 5. The van der Waals surface area contributed by atoms with Gasteiger partial charge in [-0.05, 0) is 49.8 Å². The standard InChI is InChI=1S/C18H22F2N4O2/c1-21-17(25)18-22-16(23-26-18)11-24-8-2-3-12(10-24)4-5-13-6-7-14(19)9-15(13)20/h6-7,9,12H,2-5,8,10-11H2,1H3,(H,21,25)/t12-/m0/s1. The molecule has 2 heterocycles. The summed E-state index contributed by atoms with van der Waals surface area (Å²) in [7, 11) is 1.51. The molecule has 2 aromatic rings. The third-order valence-corrected chi connectivity index (χ3v) is 4.69. The topological polar surface area (TPSA) is 71.3 Å². The van der Waals surface area contributed by atoms with E-state index in [1.165, 1.54) is 19.2 Å². The monoisotopic (exact) mass is 364 g/mol. The van der Waals surface area contributed by atoms with Gasteiger partial charge in [-0.15, -0.1) is 0 Å². The molecule has 1 fully saturated rings. The molecule has 0 unspecified atom stereocenters. The molecule has 6 nitrogen and oxygen atoms in total. The summed E-state index contributed by atoms with van der Waals surface area (Å²) >= 11 is 0. The number of likely N-dealkylation sites (tertiary alicyclic amines) is 1. The van der Waals surface area contributed by atoms with E-state index in [9.17, 15) is 13.6 Å². The van der Waals surface area contributed by atoms with Crippen molar-refractivity contribution in [3.63, 3.8) is 0 Å². The zero-order valence-electron chi connectivity index (χ0n) is 14.7. The molecule has 1 amide bonds.